The quantitative estimate of drug-likeness (QED) is 0.823. The lowest BCUT2D eigenvalue weighted by atomic mass is 9.91. The van der Waals surface area contributed by atoms with Gasteiger partial charge < -0.3 is 10.6 Å². The normalized spacial score (nSPS) is 24.3. The predicted octanol–water partition coefficient (Wildman–Crippen LogP) is 1.65. The Morgan fingerprint density at radius 3 is 2.67 bits per heavy atom. The summed E-state index contributed by atoms with van der Waals surface area (Å²) >= 11 is 0. The van der Waals surface area contributed by atoms with Gasteiger partial charge in [-0.25, -0.2) is 9.18 Å². The number of benzene rings is 1. The Bertz CT molecular complexity index is 687. The van der Waals surface area contributed by atoms with Crippen molar-refractivity contribution in [3.8, 4) is 0 Å². The molecular formula is C17H20FN3O3. The molecule has 0 spiro atoms. The molecule has 0 bridgehead atoms. The van der Waals surface area contributed by atoms with Gasteiger partial charge in [0.15, 0.2) is 0 Å². The van der Waals surface area contributed by atoms with E-state index in [2.05, 4.69) is 10.6 Å². The summed E-state index contributed by atoms with van der Waals surface area (Å²) in [6.07, 6.45) is 3.97. The number of nitrogens with zero attached hydrogens (tertiary/aromatic N) is 1. The number of imide groups is 1. The second-order valence-electron chi connectivity index (χ2n) is 6.48. The summed E-state index contributed by atoms with van der Waals surface area (Å²) in [5, 5.41) is 5.34. The number of halogens is 1. The van der Waals surface area contributed by atoms with Gasteiger partial charge in [-0.05, 0) is 25.8 Å². The number of hydrogen-bond acceptors (Lipinski definition) is 3. The lowest BCUT2D eigenvalue weighted by Gasteiger charge is -2.22. The van der Waals surface area contributed by atoms with E-state index in [1.165, 1.54) is 25.1 Å². The van der Waals surface area contributed by atoms with Crippen molar-refractivity contribution < 1.29 is 18.8 Å². The Morgan fingerprint density at radius 1 is 1.33 bits per heavy atom. The molecule has 1 unspecified atom stereocenters. The number of rotatable bonds is 4. The topological polar surface area (TPSA) is 78.5 Å². The van der Waals surface area contributed by atoms with Gasteiger partial charge in [0.2, 0.25) is 5.91 Å². The Hall–Kier alpha value is -2.44. The maximum absolute atomic E-state index is 14.0. The molecular weight excluding hydrogens is 313 g/mol. The van der Waals surface area contributed by atoms with Crippen molar-refractivity contribution in [1.29, 1.82) is 0 Å². The molecule has 1 heterocycles. The molecule has 2 fully saturated rings. The fourth-order valence-corrected chi connectivity index (χ4v) is 3.38. The lowest BCUT2D eigenvalue weighted by molar-refractivity contribution is -0.135. The average molecular weight is 333 g/mol. The first-order chi connectivity index (χ1) is 11.4. The SMILES string of the molecule is CC1(c2ccccc2F)NC(=O)N(CC(=O)NC2CCCC2)C1=O. The molecule has 1 aromatic rings. The fourth-order valence-electron chi connectivity index (χ4n) is 3.38. The van der Waals surface area contributed by atoms with Crippen molar-refractivity contribution in [2.45, 2.75) is 44.2 Å². The van der Waals surface area contributed by atoms with Gasteiger partial charge in [-0.15, -0.1) is 0 Å². The highest BCUT2D eigenvalue weighted by molar-refractivity contribution is 6.09. The zero-order chi connectivity index (χ0) is 17.3. The fraction of sp³-hybridized carbons (Fsp3) is 0.471. The Morgan fingerprint density at radius 2 is 2.00 bits per heavy atom. The van der Waals surface area contributed by atoms with Gasteiger partial charge in [0.05, 0.1) is 0 Å². The summed E-state index contributed by atoms with van der Waals surface area (Å²) in [5.41, 5.74) is -1.42. The van der Waals surface area contributed by atoms with E-state index in [0.29, 0.717) is 0 Å². The van der Waals surface area contributed by atoms with E-state index < -0.39 is 23.3 Å². The molecule has 7 heteroatoms. The molecule has 3 rings (SSSR count). The lowest BCUT2D eigenvalue weighted by Crippen LogP contribution is -2.45. The van der Waals surface area contributed by atoms with E-state index >= 15 is 0 Å². The van der Waals surface area contributed by atoms with Gasteiger partial charge in [-0.3, -0.25) is 14.5 Å². The maximum atomic E-state index is 14.0. The number of nitrogens with one attached hydrogen (secondary N) is 2. The minimum atomic E-state index is -1.50. The summed E-state index contributed by atoms with van der Waals surface area (Å²) in [6.45, 7) is 1.09. The standard InChI is InChI=1S/C17H20FN3O3/c1-17(12-8-4-5-9-13(12)18)15(23)21(16(24)20-17)10-14(22)19-11-6-2-3-7-11/h4-5,8-9,11H,2-3,6-7,10H2,1H3,(H,19,22)(H,20,24). The zero-order valence-electron chi connectivity index (χ0n) is 13.5. The number of hydrogen-bond donors (Lipinski definition) is 2. The van der Waals surface area contributed by atoms with Crippen LogP contribution in [0.25, 0.3) is 0 Å². The molecule has 2 N–H and O–H groups in total. The van der Waals surface area contributed by atoms with E-state index in [1.807, 2.05) is 0 Å². The molecule has 1 saturated carbocycles. The van der Waals surface area contributed by atoms with Gasteiger partial charge in [0.1, 0.15) is 17.9 Å². The summed E-state index contributed by atoms with van der Waals surface area (Å²) < 4.78 is 14.0. The predicted molar refractivity (Wildman–Crippen MR) is 84.4 cm³/mol. The Kier molecular flexibility index (Phi) is 4.26. The maximum Gasteiger partial charge on any atom is 0.325 e. The van der Waals surface area contributed by atoms with E-state index in [0.717, 1.165) is 30.6 Å². The van der Waals surface area contributed by atoms with Crippen LogP contribution in [0.3, 0.4) is 0 Å². The summed E-state index contributed by atoms with van der Waals surface area (Å²) in [6, 6.07) is 5.21. The van der Waals surface area contributed by atoms with Crippen LogP contribution >= 0.6 is 0 Å². The molecule has 1 aliphatic heterocycles. The molecule has 1 aromatic carbocycles. The van der Waals surface area contributed by atoms with E-state index in [1.54, 1.807) is 6.07 Å². The molecule has 128 valence electrons. The summed E-state index contributed by atoms with van der Waals surface area (Å²) in [7, 11) is 0. The first-order valence-corrected chi connectivity index (χ1v) is 8.10. The van der Waals surface area contributed by atoms with Gasteiger partial charge in [-0.1, -0.05) is 31.0 Å². The number of amides is 4. The number of urea groups is 1. The highest BCUT2D eigenvalue weighted by atomic mass is 19.1. The second kappa shape index (κ2) is 6.22. The van der Waals surface area contributed by atoms with E-state index in [9.17, 15) is 18.8 Å². The minimum Gasteiger partial charge on any atom is -0.352 e. The molecule has 0 aromatic heterocycles. The molecule has 6 nitrogen and oxygen atoms in total. The van der Waals surface area contributed by atoms with Crippen LogP contribution < -0.4 is 10.6 Å². The molecule has 1 aliphatic carbocycles. The Labute approximate surface area is 139 Å². The Balaban J connectivity index is 1.74. The van der Waals surface area contributed by atoms with Crippen LogP contribution in [0.1, 0.15) is 38.2 Å². The van der Waals surface area contributed by atoms with Crippen molar-refractivity contribution in [2.75, 3.05) is 6.54 Å². The van der Waals surface area contributed by atoms with E-state index in [4.69, 9.17) is 0 Å². The summed E-state index contributed by atoms with van der Waals surface area (Å²) in [4.78, 5) is 37.8. The molecule has 4 amide bonds. The molecule has 2 aliphatic rings. The average Bonchev–Trinajstić information content (AvgIpc) is 3.11. The van der Waals surface area contributed by atoms with Crippen LogP contribution in [0.5, 0.6) is 0 Å². The second-order valence-corrected chi connectivity index (χ2v) is 6.48. The van der Waals surface area contributed by atoms with Crippen LogP contribution in [0.15, 0.2) is 24.3 Å². The third-order valence-corrected chi connectivity index (χ3v) is 4.71. The van der Waals surface area contributed by atoms with E-state index in [-0.39, 0.29) is 24.1 Å². The van der Waals surface area contributed by atoms with Crippen LogP contribution in [0, 0.1) is 5.82 Å². The largest absolute Gasteiger partial charge is 0.352 e. The summed E-state index contributed by atoms with van der Waals surface area (Å²) in [5.74, 6) is -1.58. The highest BCUT2D eigenvalue weighted by Crippen LogP contribution is 2.30. The minimum absolute atomic E-state index is 0.0852. The van der Waals surface area contributed by atoms with Gasteiger partial charge in [0.25, 0.3) is 5.91 Å². The van der Waals surface area contributed by atoms with Crippen molar-refractivity contribution in [3.63, 3.8) is 0 Å². The smallest absolute Gasteiger partial charge is 0.325 e. The first kappa shape index (κ1) is 16.4. The van der Waals surface area contributed by atoms with Crippen LogP contribution in [-0.2, 0) is 15.1 Å². The van der Waals surface area contributed by atoms with Crippen molar-refractivity contribution in [2.24, 2.45) is 0 Å². The zero-order valence-corrected chi connectivity index (χ0v) is 13.5. The van der Waals surface area contributed by atoms with Crippen molar-refractivity contribution in [1.82, 2.24) is 15.5 Å². The number of carbonyl (C=O) groups excluding carboxylic acids is 3. The molecule has 0 radical (unpaired) electrons. The van der Waals surface area contributed by atoms with Crippen LogP contribution in [-0.4, -0.2) is 35.3 Å². The third kappa shape index (κ3) is 2.86. The highest BCUT2D eigenvalue weighted by Gasteiger charge is 2.50. The van der Waals surface area contributed by atoms with Gasteiger partial charge >= 0.3 is 6.03 Å². The molecule has 1 atom stereocenters. The van der Waals surface area contributed by atoms with Crippen molar-refractivity contribution in [3.05, 3.63) is 35.6 Å². The third-order valence-electron chi connectivity index (χ3n) is 4.71. The van der Waals surface area contributed by atoms with Crippen molar-refractivity contribution >= 4 is 17.8 Å². The number of carbonyl (C=O) groups is 3. The monoisotopic (exact) mass is 333 g/mol. The van der Waals surface area contributed by atoms with Gasteiger partial charge in [0, 0.05) is 11.6 Å². The molecule has 1 saturated heterocycles. The van der Waals surface area contributed by atoms with Crippen LogP contribution in [0.2, 0.25) is 0 Å². The van der Waals surface area contributed by atoms with Gasteiger partial charge in [-0.2, -0.15) is 0 Å². The van der Waals surface area contributed by atoms with Crippen LogP contribution in [0.4, 0.5) is 9.18 Å². The molecule has 24 heavy (non-hydrogen) atoms. The first-order valence-electron chi connectivity index (χ1n) is 8.10.